The average molecular weight is 514 g/mol. The van der Waals surface area contributed by atoms with Crippen molar-refractivity contribution in [1.29, 1.82) is 0 Å². The zero-order valence-electron chi connectivity index (χ0n) is 19.7. The number of rotatable bonds is 7. The Morgan fingerprint density at radius 3 is 2.46 bits per heavy atom. The Bertz CT molecular complexity index is 1370. The number of hydrogen-bond acceptors (Lipinski definition) is 10. The van der Waals surface area contributed by atoms with Gasteiger partial charge in [-0.2, -0.15) is 0 Å². The van der Waals surface area contributed by atoms with Crippen molar-refractivity contribution in [1.82, 2.24) is 9.97 Å². The molecule has 11 heteroatoms. The van der Waals surface area contributed by atoms with Gasteiger partial charge in [0.25, 0.3) is 5.91 Å². The van der Waals surface area contributed by atoms with Crippen molar-refractivity contribution in [2.45, 2.75) is 33.7 Å². The summed E-state index contributed by atoms with van der Waals surface area (Å²) < 4.78 is 10.4. The highest BCUT2D eigenvalue weighted by molar-refractivity contribution is 7.17. The minimum absolute atomic E-state index is 0.0828. The Morgan fingerprint density at radius 1 is 1.11 bits per heavy atom. The number of carbonyl (C=O) groups excluding carboxylic acids is 3. The van der Waals surface area contributed by atoms with Gasteiger partial charge in [0.2, 0.25) is 5.78 Å². The smallest absolute Gasteiger partial charge is 0.350 e. The second-order valence-corrected chi connectivity index (χ2v) is 9.91. The number of anilines is 1. The number of methoxy groups -OCH3 is 1. The molecule has 1 atom stereocenters. The maximum Gasteiger partial charge on any atom is 0.350 e. The maximum absolute atomic E-state index is 13.7. The van der Waals surface area contributed by atoms with Crippen molar-refractivity contribution in [3.8, 4) is 5.75 Å². The largest absolute Gasteiger partial charge is 0.503 e. The number of aliphatic hydroxyl groups is 1. The molecule has 0 bridgehead atoms. The van der Waals surface area contributed by atoms with Gasteiger partial charge < -0.3 is 14.6 Å². The van der Waals surface area contributed by atoms with Crippen LogP contribution in [0.3, 0.4) is 0 Å². The average Bonchev–Trinajstić information content (AvgIpc) is 3.46. The van der Waals surface area contributed by atoms with E-state index in [0.717, 1.165) is 11.3 Å². The molecule has 182 valence electrons. The molecular weight excluding hydrogens is 490 g/mol. The Balaban J connectivity index is 1.88. The maximum atomic E-state index is 13.7. The highest BCUT2D eigenvalue weighted by atomic mass is 32.1. The molecule has 0 saturated heterocycles. The van der Waals surface area contributed by atoms with Crippen LogP contribution in [0.25, 0.3) is 0 Å². The van der Waals surface area contributed by atoms with Crippen LogP contribution < -0.4 is 9.64 Å². The van der Waals surface area contributed by atoms with Gasteiger partial charge in [-0.05, 0) is 45.4 Å². The van der Waals surface area contributed by atoms with Gasteiger partial charge in [0, 0.05) is 0 Å². The van der Waals surface area contributed by atoms with Gasteiger partial charge in [0.15, 0.2) is 10.9 Å². The van der Waals surface area contributed by atoms with Gasteiger partial charge in [-0.1, -0.05) is 23.5 Å². The molecule has 9 nitrogen and oxygen atoms in total. The monoisotopic (exact) mass is 513 g/mol. The summed E-state index contributed by atoms with van der Waals surface area (Å²) in [6, 6.07) is 5.89. The normalized spacial score (nSPS) is 15.6. The molecule has 2 aromatic heterocycles. The number of ketones is 1. The van der Waals surface area contributed by atoms with E-state index < -0.39 is 29.5 Å². The number of benzene rings is 1. The number of Topliss-reactive ketones (excluding diaryl/α,β-unsaturated/α-hetero) is 1. The molecule has 1 aliphatic rings. The third-order valence-electron chi connectivity index (χ3n) is 5.42. The molecule has 1 unspecified atom stereocenters. The Morgan fingerprint density at radius 2 is 1.83 bits per heavy atom. The van der Waals surface area contributed by atoms with Crippen LogP contribution in [-0.2, 0) is 9.53 Å². The lowest BCUT2D eigenvalue weighted by molar-refractivity contribution is -0.117. The fourth-order valence-corrected chi connectivity index (χ4v) is 5.76. The first-order chi connectivity index (χ1) is 16.7. The standard InChI is InChI=1S/C24H23N3O6S2/c1-6-33-23(31)21-12(3)26-24(35-21)27-17(14-8-7-9-15(10-14)32-5)16(19(29)22(27)30)18(28)20-11(2)25-13(4)34-20/h7-10,17,29H,6H2,1-5H3. The summed E-state index contributed by atoms with van der Waals surface area (Å²) in [5, 5.41) is 11.8. The van der Waals surface area contributed by atoms with E-state index in [0.29, 0.717) is 32.6 Å². The third-order valence-corrected chi connectivity index (χ3v) is 7.63. The van der Waals surface area contributed by atoms with E-state index in [1.807, 2.05) is 0 Å². The van der Waals surface area contributed by atoms with Crippen LogP contribution in [0.2, 0.25) is 0 Å². The summed E-state index contributed by atoms with van der Waals surface area (Å²) >= 11 is 2.16. The van der Waals surface area contributed by atoms with Crippen LogP contribution >= 0.6 is 22.7 Å². The van der Waals surface area contributed by atoms with Crippen molar-refractivity contribution in [3.05, 3.63) is 67.3 Å². The number of thiazole rings is 2. The minimum atomic E-state index is -0.993. The molecule has 0 radical (unpaired) electrons. The molecule has 1 amide bonds. The minimum Gasteiger partial charge on any atom is -0.503 e. The molecule has 0 fully saturated rings. The van der Waals surface area contributed by atoms with E-state index in [9.17, 15) is 19.5 Å². The zero-order valence-corrected chi connectivity index (χ0v) is 21.4. The highest BCUT2D eigenvalue weighted by Gasteiger charge is 2.47. The van der Waals surface area contributed by atoms with E-state index in [-0.39, 0.29) is 22.2 Å². The SMILES string of the molecule is CCOC(=O)c1sc(N2C(=O)C(O)=C(C(=O)c3sc(C)nc3C)C2c2cccc(OC)c2)nc1C. The summed E-state index contributed by atoms with van der Waals surface area (Å²) in [7, 11) is 1.51. The quantitative estimate of drug-likeness (QED) is 0.363. The lowest BCUT2D eigenvalue weighted by Gasteiger charge is -2.24. The van der Waals surface area contributed by atoms with Gasteiger partial charge in [-0.25, -0.2) is 14.8 Å². The Kier molecular flexibility index (Phi) is 6.73. The summed E-state index contributed by atoms with van der Waals surface area (Å²) in [6.07, 6.45) is 0. The third kappa shape index (κ3) is 4.32. The first-order valence-corrected chi connectivity index (χ1v) is 12.3. The number of aromatic nitrogens is 2. The number of nitrogens with zero attached hydrogens (tertiary/aromatic N) is 3. The van der Waals surface area contributed by atoms with Crippen LogP contribution in [0.15, 0.2) is 35.6 Å². The van der Waals surface area contributed by atoms with E-state index in [1.165, 1.54) is 23.3 Å². The summed E-state index contributed by atoms with van der Waals surface area (Å²) in [6.45, 7) is 7.01. The summed E-state index contributed by atoms with van der Waals surface area (Å²) in [5.74, 6) is -1.99. The molecule has 1 N–H and O–H groups in total. The van der Waals surface area contributed by atoms with Gasteiger partial charge in [-0.3, -0.25) is 14.5 Å². The number of aryl methyl sites for hydroxylation is 3. The topological polar surface area (TPSA) is 119 Å². The molecule has 3 aromatic rings. The van der Waals surface area contributed by atoms with E-state index in [1.54, 1.807) is 52.0 Å². The first-order valence-electron chi connectivity index (χ1n) is 10.7. The number of amides is 1. The van der Waals surface area contributed by atoms with Crippen LogP contribution in [0.4, 0.5) is 5.13 Å². The predicted octanol–water partition coefficient (Wildman–Crippen LogP) is 4.49. The molecule has 0 spiro atoms. The van der Waals surface area contributed by atoms with Crippen LogP contribution in [0.5, 0.6) is 5.75 Å². The molecule has 35 heavy (non-hydrogen) atoms. The number of hydrogen-bond donors (Lipinski definition) is 1. The van der Waals surface area contributed by atoms with Crippen molar-refractivity contribution in [2.24, 2.45) is 0 Å². The van der Waals surface area contributed by atoms with Gasteiger partial charge in [0.1, 0.15) is 10.6 Å². The van der Waals surface area contributed by atoms with Crippen LogP contribution in [0, 0.1) is 20.8 Å². The van der Waals surface area contributed by atoms with Crippen molar-refractivity contribution in [3.63, 3.8) is 0 Å². The molecule has 0 saturated carbocycles. The summed E-state index contributed by atoms with van der Waals surface area (Å²) in [5.41, 5.74) is 1.35. The molecule has 1 aromatic carbocycles. The second-order valence-electron chi connectivity index (χ2n) is 7.72. The van der Waals surface area contributed by atoms with Crippen LogP contribution in [-0.4, -0.2) is 46.5 Å². The number of carbonyl (C=O) groups is 3. The first kappa shape index (κ1) is 24.6. The Hall–Kier alpha value is -3.57. The lowest BCUT2D eigenvalue weighted by Crippen LogP contribution is -2.31. The van der Waals surface area contributed by atoms with Crippen molar-refractivity contribution < 1.29 is 29.0 Å². The lowest BCUT2D eigenvalue weighted by atomic mass is 9.95. The second kappa shape index (κ2) is 9.59. The Labute approximate surface area is 209 Å². The van der Waals surface area contributed by atoms with Crippen molar-refractivity contribution >= 4 is 45.5 Å². The predicted molar refractivity (Wildman–Crippen MR) is 132 cm³/mol. The van der Waals surface area contributed by atoms with Crippen LogP contribution in [0.1, 0.15) is 54.3 Å². The van der Waals surface area contributed by atoms with E-state index in [4.69, 9.17) is 9.47 Å². The zero-order chi connectivity index (χ0) is 25.4. The molecular formula is C24H23N3O6S2. The molecule has 4 rings (SSSR count). The van der Waals surface area contributed by atoms with E-state index >= 15 is 0 Å². The molecule has 1 aliphatic heterocycles. The van der Waals surface area contributed by atoms with Gasteiger partial charge in [0.05, 0.1) is 46.6 Å². The summed E-state index contributed by atoms with van der Waals surface area (Å²) in [4.78, 5) is 50.0. The fraction of sp³-hybridized carbons (Fsp3) is 0.292. The van der Waals surface area contributed by atoms with Crippen molar-refractivity contribution in [2.75, 3.05) is 18.6 Å². The number of ether oxygens (including phenoxy) is 2. The number of esters is 1. The number of aliphatic hydroxyl groups excluding tert-OH is 1. The highest BCUT2D eigenvalue weighted by Crippen LogP contribution is 2.45. The van der Waals surface area contributed by atoms with Gasteiger partial charge in [-0.15, -0.1) is 11.3 Å². The molecule has 0 aliphatic carbocycles. The van der Waals surface area contributed by atoms with E-state index in [2.05, 4.69) is 9.97 Å². The van der Waals surface area contributed by atoms with Gasteiger partial charge >= 0.3 is 5.97 Å². The molecule has 3 heterocycles. The fourth-order valence-electron chi connectivity index (χ4n) is 3.90.